The number of halogens is 1. The predicted molar refractivity (Wildman–Crippen MR) is 164 cm³/mol. The van der Waals surface area contributed by atoms with Gasteiger partial charge in [-0.1, -0.05) is 52.3 Å². The summed E-state index contributed by atoms with van der Waals surface area (Å²) in [4.78, 5) is 60.9. The van der Waals surface area contributed by atoms with E-state index < -0.39 is 35.4 Å². The lowest BCUT2D eigenvalue weighted by atomic mass is 9.67. The number of carbonyl (C=O) groups is 4. The third-order valence-electron chi connectivity index (χ3n) is 9.32. The lowest BCUT2D eigenvalue weighted by Gasteiger charge is -2.46. The number of fused-ring (bicyclic) bond motifs is 4. The van der Waals surface area contributed by atoms with Crippen molar-refractivity contribution >= 4 is 50.5 Å². The number of nitrogens with one attached hydrogen (secondary N) is 3. The van der Waals surface area contributed by atoms with Crippen LogP contribution in [0.1, 0.15) is 43.2 Å². The number of piperidine rings is 2. The van der Waals surface area contributed by atoms with Crippen LogP contribution in [0.3, 0.4) is 0 Å². The molecular formula is C32H36BrN5O5. The number of rotatable bonds is 8. The molecule has 4 heterocycles. The molecule has 3 aromatic rings. The summed E-state index contributed by atoms with van der Waals surface area (Å²) in [6.45, 7) is 0.296. The van der Waals surface area contributed by atoms with Crippen molar-refractivity contribution in [3.63, 3.8) is 0 Å². The third-order valence-corrected chi connectivity index (χ3v) is 10.1. The molecule has 4 aliphatic rings. The number of likely N-dealkylation sites (tertiary alicyclic amines) is 1. The molecule has 43 heavy (non-hydrogen) atoms. The second-order valence-corrected chi connectivity index (χ2v) is 13.0. The summed E-state index contributed by atoms with van der Waals surface area (Å²) < 4.78 is 0.876. The topological polar surface area (TPSA) is 135 Å². The number of para-hydroxylation sites is 1. The fourth-order valence-electron chi connectivity index (χ4n) is 6.89. The molecule has 3 aliphatic heterocycles. The van der Waals surface area contributed by atoms with Crippen LogP contribution in [0.4, 0.5) is 0 Å². The highest BCUT2D eigenvalue weighted by molar-refractivity contribution is 9.10. The smallest absolute Gasteiger partial charge is 0.245 e. The number of hydrogen-bond donors (Lipinski definition) is 4. The molecular weight excluding hydrogens is 614 g/mol. The summed E-state index contributed by atoms with van der Waals surface area (Å²) >= 11 is 3.55. The highest BCUT2D eigenvalue weighted by Crippen LogP contribution is 2.43. The molecule has 2 unspecified atom stereocenters. The quantitative estimate of drug-likeness (QED) is 0.278. The molecule has 3 saturated heterocycles. The van der Waals surface area contributed by atoms with Gasteiger partial charge in [0.05, 0.1) is 6.10 Å². The van der Waals surface area contributed by atoms with Gasteiger partial charge in [-0.25, -0.2) is 0 Å². The van der Waals surface area contributed by atoms with Crippen LogP contribution >= 0.6 is 15.9 Å². The van der Waals surface area contributed by atoms with Crippen molar-refractivity contribution in [3.8, 4) is 0 Å². The Hall–Kier alpha value is -3.70. The summed E-state index contributed by atoms with van der Waals surface area (Å²) in [7, 11) is 1.70. The first-order chi connectivity index (χ1) is 20.7. The van der Waals surface area contributed by atoms with E-state index in [2.05, 4.69) is 31.5 Å². The van der Waals surface area contributed by atoms with Crippen LogP contribution in [0.15, 0.2) is 59.2 Å². The van der Waals surface area contributed by atoms with Crippen molar-refractivity contribution in [1.29, 1.82) is 0 Å². The number of nitrogens with zero attached hydrogens (tertiary/aromatic N) is 2. The van der Waals surface area contributed by atoms with Crippen LogP contribution < -0.4 is 10.6 Å². The average molecular weight is 651 g/mol. The lowest BCUT2D eigenvalue weighted by Crippen LogP contribution is -2.64. The van der Waals surface area contributed by atoms with Crippen LogP contribution in [-0.4, -0.2) is 81.3 Å². The molecule has 1 saturated carbocycles. The van der Waals surface area contributed by atoms with Gasteiger partial charge >= 0.3 is 0 Å². The highest BCUT2D eigenvalue weighted by atomic mass is 79.9. The fraction of sp³-hybridized carbons (Fsp3) is 0.438. The SMILES string of the molecule is CN(Cc1ccccc1Br)C(=O)C(Cc1c[nH]c2ccccc12)NC(=O)C1C[C@@H](O)CN1C(=O)C12CCC(CC1)NC2=O. The second-order valence-electron chi connectivity index (χ2n) is 12.1. The van der Waals surface area contributed by atoms with Gasteiger partial charge in [-0.3, -0.25) is 19.2 Å². The zero-order valence-electron chi connectivity index (χ0n) is 24.0. The average Bonchev–Trinajstić information content (AvgIpc) is 3.61. The number of aromatic amines is 1. The van der Waals surface area contributed by atoms with Gasteiger partial charge in [-0.2, -0.15) is 0 Å². The van der Waals surface area contributed by atoms with Crippen LogP contribution in [0.25, 0.3) is 10.9 Å². The Morgan fingerprint density at radius 3 is 2.58 bits per heavy atom. The molecule has 4 amide bonds. The lowest BCUT2D eigenvalue weighted by molar-refractivity contribution is -0.160. The number of β-amino-alcohol motifs (C(OH)–C–C–N with tert-alkyl or cyclic N) is 1. The van der Waals surface area contributed by atoms with E-state index in [1.165, 1.54) is 4.90 Å². The Bertz CT molecular complexity index is 1560. The Morgan fingerprint density at radius 1 is 1.12 bits per heavy atom. The fourth-order valence-corrected chi connectivity index (χ4v) is 7.30. The normalized spacial score (nSPS) is 25.4. The van der Waals surface area contributed by atoms with Gasteiger partial charge in [0, 0.05) is 60.6 Å². The van der Waals surface area contributed by atoms with Crippen molar-refractivity contribution < 1.29 is 24.3 Å². The van der Waals surface area contributed by atoms with Gasteiger partial charge in [0.15, 0.2) is 0 Å². The minimum atomic E-state index is -1.21. The van der Waals surface area contributed by atoms with E-state index in [1.54, 1.807) is 11.9 Å². The van der Waals surface area contributed by atoms with E-state index in [4.69, 9.17) is 0 Å². The van der Waals surface area contributed by atoms with Crippen molar-refractivity contribution in [3.05, 3.63) is 70.3 Å². The molecule has 3 atom stereocenters. The molecule has 4 fully saturated rings. The molecule has 1 aromatic heterocycles. The Labute approximate surface area is 258 Å². The van der Waals surface area contributed by atoms with Gasteiger partial charge in [0.2, 0.25) is 23.6 Å². The number of hydrogen-bond acceptors (Lipinski definition) is 5. The van der Waals surface area contributed by atoms with E-state index in [-0.39, 0.29) is 37.2 Å². The zero-order valence-corrected chi connectivity index (χ0v) is 25.6. The minimum Gasteiger partial charge on any atom is -0.391 e. The number of amides is 4. The van der Waals surface area contributed by atoms with Gasteiger partial charge in [0.25, 0.3) is 0 Å². The monoisotopic (exact) mass is 649 g/mol. The molecule has 0 spiro atoms. The first-order valence-electron chi connectivity index (χ1n) is 14.8. The Balaban J connectivity index is 1.25. The van der Waals surface area contributed by atoms with Crippen molar-refractivity contribution in [2.45, 2.75) is 69.3 Å². The number of benzene rings is 2. The predicted octanol–water partition coefficient (Wildman–Crippen LogP) is 2.64. The largest absolute Gasteiger partial charge is 0.391 e. The molecule has 2 aromatic carbocycles. The van der Waals surface area contributed by atoms with Crippen LogP contribution in [0.2, 0.25) is 0 Å². The molecule has 4 N–H and O–H groups in total. The zero-order chi connectivity index (χ0) is 30.3. The van der Waals surface area contributed by atoms with E-state index in [0.29, 0.717) is 19.4 Å². The number of carbonyl (C=O) groups excluding carboxylic acids is 4. The van der Waals surface area contributed by atoms with Crippen LogP contribution in [0.5, 0.6) is 0 Å². The summed E-state index contributed by atoms with van der Waals surface area (Å²) in [5.74, 6) is -1.50. The Kier molecular flexibility index (Phi) is 8.04. The number of likely N-dealkylation sites (N-methyl/N-ethyl adjacent to an activating group) is 1. The first kappa shape index (κ1) is 29.4. The number of aliphatic hydroxyl groups is 1. The molecule has 0 radical (unpaired) electrons. The van der Waals surface area contributed by atoms with Gasteiger partial charge < -0.3 is 30.5 Å². The van der Waals surface area contributed by atoms with E-state index >= 15 is 0 Å². The minimum absolute atomic E-state index is 0.0294. The molecule has 11 heteroatoms. The maximum absolute atomic E-state index is 13.9. The third kappa shape index (κ3) is 5.56. The van der Waals surface area contributed by atoms with Gasteiger partial charge in [0.1, 0.15) is 17.5 Å². The van der Waals surface area contributed by atoms with Crippen molar-refractivity contribution in [1.82, 2.24) is 25.4 Å². The maximum Gasteiger partial charge on any atom is 0.245 e. The Morgan fingerprint density at radius 2 is 1.84 bits per heavy atom. The molecule has 10 nitrogen and oxygen atoms in total. The van der Waals surface area contributed by atoms with E-state index in [0.717, 1.165) is 39.3 Å². The number of aliphatic hydroxyl groups excluding tert-OH is 1. The summed E-state index contributed by atoms with van der Waals surface area (Å²) in [6, 6.07) is 13.6. The van der Waals surface area contributed by atoms with Crippen LogP contribution in [-0.2, 0) is 32.1 Å². The summed E-state index contributed by atoms with van der Waals surface area (Å²) in [5.41, 5.74) is 1.51. The number of H-pyrrole nitrogens is 1. The van der Waals surface area contributed by atoms with Crippen molar-refractivity contribution in [2.75, 3.05) is 13.6 Å². The molecule has 2 bridgehead atoms. The van der Waals surface area contributed by atoms with E-state index in [9.17, 15) is 24.3 Å². The van der Waals surface area contributed by atoms with Crippen molar-refractivity contribution in [2.24, 2.45) is 5.41 Å². The van der Waals surface area contributed by atoms with Crippen LogP contribution in [0, 0.1) is 5.41 Å². The summed E-state index contributed by atoms with van der Waals surface area (Å²) in [6.07, 6.45) is 3.52. The second kappa shape index (κ2) is 11.8. The molecule has 226 valence electrons. The van der Waals surface area contributed by atoms with Gasteiger partial charge in [-0.15, -0.1) is 0 Å². The summed E-state index contributed by atoms with van der Waals surface area (Å²) in [5, 5.41) is 17.4. The molecule has 1 aliphatic carbocycles. The maximum atomic E-state index is 13.9. The molecule has 7 rings (SSSR count). The van der Waals surface area contributed by atoms with Gasteiger partial charge in [-0.05, 0) is 48.9 Å². The number of aromatic nitrogens is 1. The van der Waals surface area contributed by atoms with E-state index in [1.807, 2.05) is 54.7 Å². The highest BCUT2D eigenvalue weighted by Gasteiger charge is 2.56. The standard InChI is InChI=1S/C32H36BrN5O5/c1-37(17-19-6-2-4-8-24(19)33)29(41)26(14-20-16-34-25-9-5-3-7-23(20)25)36-28(40)27-15-22(39)18-38(27)31(43)32-12-10-21(11-13-32)35-30(32)42/h2-9,16,21-22,26-27,34,39H,10-15,17-18H2,1H3,(H,35,42)(H,36,40)/t21?,22-,26?,27?,32?/m1/s1. The first-order valence-corrected chi connectivity index (χ1v) is 15.6.